The van der Waals surface area contributed by atoms with Gasteiger partial charge < -0.3 is 9.84 Å². The Morgan fingerprint density at radius 3 is 2.45 bits per heavy atom. The number of diazo groups is 1. The molecule has 1 N–H and O–H groups in total. The lowest BCUT2D eigenvalue weighted by atomic mass is 10.1. The number of allylic oxidation sites excluding steroid dienone is 1. The van der Waals surface area contributed by atoms with Gasteiger partial charge in [0.25, 0.3) is 0 Å². The van der Waals surface area contributed by atoms with Crippen molar-refractivity contribution in [1.82, 2.24) is 4.90 Å². The third kappa shape index (κ3) is 7.86. The Hall–Kier alpha value is -3.19. The summed E-state index contributed by atoms with van der Waals surface area (Å²) in [5.74, 6) is -3.30. The molecule has 0 aliphatic carbocycles. The van der Waals surface area contributed by atoms with Crippen molar-refractivity contribution in [2.45, 2.75) is 44.4 Å². The fourth-order valence-electron chi connectivity index (χ4n) is 2.62. The molecule has 0 aliphatic rings. The smallest absolute Gasteiger partial charge is 0.475 e. The van der Waals surface area contributed by atoms with Gasteiger partial charge >= 0.3 is 17.5 Å². The second kappa shape index (κ2) is 12.5. The number of aliphatic hydroxyl groups is 1. The van der Waals surface area contributed by atoms with Gasteiger partial charge in [-0.05, 0) is 45.2 Å². The summed E-state index contributed by atoms with van der Waals surface area (Å²) in [5, 5.41) is 18.9. The molecule has 0 atom stereocenters. The summed E-state index contributed by atoms with van der Waals surface area (Å²) >= 11 is 0. The van der Waals surface area contributed by atoms with Crippen LogP contribution in [0.2, 0.25) is 0 Å². The van der Waals surface area contributed by atoms with Crippen molar-refractivity contribution in [2.24, 2.45) is 0 Å². The highest BCUT2D eigenvalue weighted by atomic mass is 32.2. The van der Waals surface area contributed by atoms with Gasteiger partial charge in [-0.15, -0.1) is 6.58 Å². The molecule has 0 radical (unpaired) electrons. The van der Waals surface area contributed by atoms with Crippen molar-refractivity contribution in [1.29, 1.82) is 5.39 Å². The fraction of sp³-hybridized carbons (Fsp3) is 0.429. The largest absolute Gasteiger partial charge is 0.528 e. The number of unbranched alkanes of at least 4 members (excludes halogenated alkanes) is 2. The van der Waals surface area contributed by atoms with E-state index >= 15 is 0 Å². The van der Waals surface area contributed by atoms with Gasteiger partial charge in [-0.2, -0.15) is 0 Å². The quantitative estimate of drug-likeness (QED) is 0.170. The van der Waals surface area contributed by atoms with Crippen molar-refractivity contribution in [3.63, 3.8) is 0 Å². The molecule has 1 aromatic rings. The van der Waals surface area contributed by atoms with E-state index in [4.69, 9.17) is 10.1 Å². The van der Waals surface area contributed by atoms with Crippen molar-refractivity contribution in [2.75, 3.05) is 18.9 Å². The number of hydrogen-bond donors (Lipinski definition) is 1. The van der Waals surface area contributed by atoms with Crippen LogP contribution in [-0.4, -0.2) is 49.1 Å². The van der Waals surface area contributed by atoms with Crippen LogP contribution in [0.1, 0.15) is 38.2 Å². The standard InChI is InChI=1S/C21H27N3O6S/c1-4-6-7-8-9-18(25)24(20(26)19(23-22)21(27)30-5-2)14-15-31(28,29)17-12-10-16(3)11-13-17/h4,10-13H,1,5-9,14-15H2,2-3H3/p+1. The topological polar surface area (TPSA) is 129 Å². The molecular formula is C21H28N3O6S+. The zero-order valence-corrected chi connectivity index (χ0v) is 18.6. The minimum Gasteiger partial charge on any atom is -0.475 e. The summed E-state index contributed by atoms with van der Waals surface area (Å²) in [5.41, 5.74) is 0.00483. The lowest BCUT2D eigenvalue weighted by molar-refractivity contribution is -0.142. The molecular weight excluding hydrogens is 422 g/mol. The predicted octanol–water partition coefficient (Wildman–Crippen LogP) is 3.49. The van der Waals surface area contributed by atoms with Crippen LogP contribution in [0.5, 0.6) is 0 Å². The third-order valence-corrected chi connectivity index (χ3v) is 6.06. The van der Waals surface area contributed by atoms with Gasteiger partial charge in [0.05, 0.1) is 17.3 Å². The number of hydrogen-bond acceptors (Lipinski definition) is 7. The SMILES string of the molecule is C=CCCCCC(=O)N(CCS(=O)(=O)c1ccc(C)cc1)C(=O)/C([N+]#N)=C(\O)OCC. The van der Waals surface area contributed by atoms with Crippen LogP contribution in [0.15, 0.2) is 53.5 Å². The monoisotopic (exact) mass is 450 g/mol. The average Bonchev–Trinajstić information content (AvgIpc) is 2.72. The van der Waals surface area contributed by atoms with E-state index in [9.17, 15) is 23.1 Å². The van der Waals surface area contributed by atoms with E-state index in [2.05, 4.69) is 11.6 Å². The van der Waals surface area contributed by atoms with Crippen LogP contribution in [0.3, 0.4) is 0 Å². The number of amides is 2. The number of ether oxygens (including phenoxy) is 1. The van der Waals surface area contributed by atoms with Gasteiger partial charge in [0.1, 0.15) is 0 Å². The molecule has 0 bridgehead atoms. The molecule has 9 nitrogen and oxygen atoms in total. The van der Waals surface area contributed by atoms with Crippen LogP contribution in [0.4, 0.5) is 0 Å². The van der Waals surface area contributed by atoms with E-state index in [-0.39, 0.29) is 17.9 Å². The van der Waals surface area contributed by atoms with Crippen molar-refractivity contribution >= 4 is 21.7 Å². The normalized spacial score (nSPS) is 11.8. The summed E-state index contributed by atoms with van der Waals surface area (Å²) in [6.45, 7) is 6.45. The molecule has 10 heteroatoms. The number of imide groups is 1. The molecule has 1 aromatic carbocycles. The Kier molecular flexibility index (Phi) is 10.4. The van der Waals surface area contributed by atoms with Gasteiger partial charge in [0.15, 0.2) is 14.8 Å². The van der Waals surface area contributed by atoms with Gasteiger partial charge in [0, 0.05) is 13.0 Å². The van der Waals surface area contributed by atoms with Gasteiger partial charge in [-0.3, -0.25) is 14.5 Å². The first-order chi connectivity index (χ1) is 14.7. The molecule has 0 fully saturated rings. The molecule has 0 saturated carbocycles. The maximum atomic E-state index is 12.8. The summed E-state index contributed by atoms with van der Waals surface area (Å²) in [6, 6.07) is 6.19. The second-order valence-electron chi connectivity index (χ2n) is 6.70. The highest BCUT2D eigenvalue weighted by Crippen LogP contribution is 2.16. The number of nitrogens with zero attached hydrogens (tertiary/aromatic N) is 3. The van der Waals surface area contributed by atoms with Crippen LogP contribution in [0.25, 0.3) is 4.98 Å². The maximum Gasteiger partial charge on any atom is 0.528 e. The molecule has 0 aromatic heterocycles. The molecule has 1 rings (SSSR count). The molecule has 0 spiro atoms. The number of benzene rings is 1. The van der Waals surface area contributed by atoms with Crippen molar-refractivity contribution in [3.8, 4) is 0 Å². The van der Waals surface area contributed by atoms with Gasteiger partial charge in [0.2, 0.25) is 11.3 Å². The lowest BCUT2D eigenvalue weighted by Gasteiger charge is -2.18. The number of carbonyl (C=O) groups is 2. The van der Waals surface area contributed by atoms with Gasteiger partial charge in [-0.1, -0.05) is 23.8 Å². The molecule has 0 heterocycles. The number of carbonyl (C=O) groups excluding carboxylic acids is 2. The zero-order valence-electron chi connectivity index (χ0n) is 17.8. The van der Waals surface area contributed by atoms with Crippen LogP contribution in [0, 0.1) is 12.3 Å². The van der Waals surface area contributed by atoms with E-state index in [0.29, 0.717) is 24.2 Å². The number of aryl methyl sites for hydroxylation is 1. The Morgan fingerprint density at radius 2 is 1.90 bits per heavy atom. The Bertz CT molecular complexity index is 962. The van der Waals surface area contributed by atoms with Crippen LogP contribution >= 0.6 is 0 Å². The highest BCUT2D eigenvalue weighted by Gasteiger charge is 2.38. The van der Waals surface area contributed by atoms with E-state index in [1.54, 1.807) is 18.2 Å². The highest BCUT2D eigenvalue weighted by molar-refractivity contribution is 7.91. The molecule has 2 amide bonds. The summed E-state index contributed by atoms with van der Waals surface area (Å²) in [7, 11) is -3.79. The van der Waals surface area contributed by atoms with Gasteiger partial charge in [-0.25, -0.2) is 8.42 Å². The molecule has 0 aliphatic heterocycles. The third-order valence-electron chi connectivity index (χ3n) is 4.35. The fourth-order valence-corrected chi connectivity index (χ4v) is 3.83. The molecule has 168 valence electrons. The minimum absolute atomic E-state index is 0.0184. The second-order valence-corrected chi connectivity index (χ2v) is 8.81. The van der Waals surface area contributed by atoms with E-state index < -0.39 is 45.6 Å². The van der Waals surface area contributed by atoms with E-state index in [0.717, 1.165) is 5.56 Å². The Balaban J connectivity index is 3.12. The van der Waals surface area contributed by atoms with E-state index in [1.807, 2.05) is 6.92 Å². The molecule has 31 heavy (non-hydrogen) atoms. The lowest BCUT2D eigenvalue weighted by Crippen LogP contribution is -2.40. The average molecular weight is 451 g/mol. The maximum absolute atomic E-state index is 12.8. The molecule has 0 unspecified atom stereocenters. The first-order valence-corrected chi connectivity index (χ1v) is 11.5. The molecule has 0 saturated heterocycles. The summed E-state index contributed by atoms with van der Waals surface area (Å²) in [6.07, 6.45) is 3.47. The van der Waals surface area contributed by atoms with Crippen molar-refractivity contribution in [3.05, 3.63) is 59.1 Å². The predicted molar refractivity (Wildman–Crippen MR) is 115 cm³/mol. The summed E-state index contributed by atoms with van der Waals surface area (Å²) < 4.78 is 30.1. The number of rotatable bonds is 12. The minimum atomic E-state index is -3.79. The Labute approximate surface area is 182 Å². The zero-order chi connectivity index (χ0) is 23.4. The van der Waals surface area contributed by atoms with Crippen LogP contribution < -0.4 is 0 Å². The number of aliphatic hydroxyl groups excluding tert-OH is 1. The summed E-state index contributed by atoms with van der Waals surface area (Å²) in [4.78, 5) is 28.9. The number of sulfone groups is 1. The van der Waals surface area contributed by atoms with Crippen LogP contribution in [-0.2, 0) is 24.2 Å². The van der Waals surface area contributed by atoms with Crippen molar-refractivity contribution < 1.29 is 27.9 Å². The first-order valence-electron chi connectivity index (χ1n) is 9.84. The Morgan fingerprint density at radius 1 is 1.26 bits per heavy atom. The van der Waals surface area contributed by atoms with E-state index in [1.165, 1.54) is 19.1 Å². The first kappa shape index (κ1) is 25.8.